The van der Waals surface area contributed by atoms with Gasteiger partial charge in [-0.3, -0.25) is 9.36 Å². The molecule has 0 saturated carbocycles. The van der Waals surface area contributed by atoms with E-state index in [1.54, 1.807) is 0 Å². The van der Waals surface area contributed by atoms with Crippen LogP contribution in [-0.4, -0.2) is 82.9 Å². The number of likely N-dealkylation sites (N-methyl/N-ethyl adjacent to an activating group) is 1. The van der Waals surface area contributed by atoms with E-state index < -0.39 is 19.9 Å². The van der Waals surface area contributed by atoms with Gasteiger partial charge in [-0.25, -0.2) is 0 Å². The quantitative estimate of drug-likeness (QED) is 0.0115. The number of hydrogen-bond acceptors (Lipinski definition) is 8. The molecule has 1 rings (SSSR count). The smallest absolute Gasteiger partial charge is 0.306 e. The molecule has 1 aliphatic heterocycles. The maximum atomic E-state index is 12.7. The highest BCUT2D eigenvalue weighted by Crippen LogP contribution is 2.38. The Bertz CT molecular complexity index is 1190. The molecule has 10 heteroatoms. The molecule has 0 aromatic carbocycles. The highest BCUT2D eigenvalue weighted by atomic mass is 31.2. The van der Waals surface area contributed by atoms with Crippen molar-refractivity contribution in [2.45, 2.75) is 161 Å². The van der Waals surface area contributed by atoms with Gasteiger partial charge in [-0.05, 0) is 64.2 Å². The van der Waals surface area contributed by atoms with E-state index in [9.17, 15) is 14.3 Å². The van der Waals surface area contributed by atoms with E-state index in [2.05, 4.69) is 56.4 Å². The van der Waals surface area contributed by atoms with Crippen LogP contribution < -0.4 is 4.89 Å². The minimum Gasteiger partial charge on any atom is -0.756 e. The molecule has 0 spiro atoms. The third-order valence-electron chi connectivity index (χ3n) is 9.21. The van der Waals surface area contributed by atoms with Crippen molar-refractivity contribution in [1.29, 1.82) is 0 Å². The SMILES string of the molecule is CC/C=C\C/C=C\C\C=C/C=C/C=C/C1OC1CCCC(=O)OC(COCCCCCCCC/C=C\CCCCCCCC)COP(=O)([O-])OCC[N+](C)(C)C. The number of carbonyl (C=O) groups is 1. The van der Waals surface area contributed by atoms with Gasteiger partial charge < -0.3 is 32.6 Å². The molecule has 322 valence electrons. The van der Waals surface area contributed by atoms with Crippen molar-refractivity contribution >= 4 is 13.8 Å². The molecular weight excluding hydrogens is 725 g/mol. The Morgan fingerprint density at radius 2 is 1.34 bits per heavy atom. The monoisotopic (exact) mass is 806 g/mol. The predicted octanol–water partition coefficient (Wildman–Crippen LogP) is 11.1. The zero-order valence-electron chi connectivity index (χ0n) is 36.0. The number of quaternary nitrogens is 1. The summed E-state index contributed by atoms with van der Waals surface area (Å²) >= 11 is 0. The normalized spacial score (nSPS) is 18.1. The first kappa shape index (κ1) is 51.9. The number of unbranched alkanes of at least 4 members (excludes halogenated alkanes) is 12. The first-order valence-corrected chi connectivity index (χ1v) is 23.3. The van der Waals surface area contributed by atoms with Gasteiger partial charge in [-0.15, -0.1) is 0 Å². The van der Waals surface area contributed by atoms with Gasteiger partial charge in [-0.1, -0.05) is 145 Å². The molecule has 0 aromatic heterocycles. The Hall–Kier alpha value is -2.10. The van der Waals surface area contributed by atoms with Crippen molar-refractivity contribution < 1.29 is 42.0 Å². The van der Waals surface area contributed by atoms with Gasteiger partial charge in [0.15, 0.2) is 0 Å². The first-order valence-electron chi connectivity index (χ1n) is 21.8. The average molecular weight is 806 g/mol. The fourth-order valence-electron chi connectivity index (χ4n) is 5.74. The molecule has 1 fully saturated rings. The number of allylic oxidation sites excluding steroid dienone is 11. The number of rotatable bonds is 38. The molecule has 9 nitrogen and oxygen atoms in total. The fourth-order valence-corrected chi connectivity index (χ4v) is 6.47. The Morgan fingerprint density at radius 1 is 0.714 bits per heavy atom. The van der Waals surface area contributed by atoms with Crippen molar-refractivity contribution in [2.24, 2.45) is 0 Å². The van der Waals surface area contributed by atoms with Crippen molar-refractivity contribution in [3.8, 4) is 0 Å². The summed E-state index contributed by atoms with van der Waals surface area (Å²) in [5.74, 6) is -0.416. The van der Waals surface area contributed by atoms with Crippen molar-refractivity contribution in [3.05, 3.63) is 72.9 Å². The maximum absolute atomic E-state index is 12.7. The van der Waals surface area contributed by atoms with Crippen LogP contribution in [0.25, 0.3) is 0 Å². The Labute approximate surface area is 342 Å². The Morgan fingerprint density at radius 3 is 2.02 bits per heavy atom. The van der Waals surface area contributed by atoms with E-state index in [-0.39, 0.29) is 38.4 Å². The van der Waals surface area contributed by atoms with Crippen LogP contribution in [0.5, 0.6) is 0 Å². The van der Waals surface area contributed by atoms with Crippen molar-refractivity contribution in [1.82, 2.24) is 0 Å². The summed E-state index contributed by atoms with van der Waals surface area (Å²) in [6.45, 7) is 5.12. The summed E-state index contributed by atoms with van der Waals surface area (Å²) in [4.78, 5) is 25.1. The van der Waals surface area contributed by atoms with Crippen LogP contribution in [0, 0.1) is 0 Å². The third kappa shape index (κ3) is 35.1. The van der Waals surface area contributed by atoms with Gasteiger partial charge in [0.2, 0.25) is 0 Å². The lowest BCUT2D eigenvalue weighted by atomic mass is 10.1. The second-order valence-corrected chi connectivity index (χ2v) is 17.2. The van der Waals surface area contributed by atoms with Crippen molar-refractivity contribution in [2.75, 3.05) is 54.1 Å². The minimum absolute atomic E-state index is 0.00336. The van der Waals surface area contributed by atoms with Crippen LogP contribution in [0.3, 0.4) is 0 Å². The number of nitrogens with zero attached hydrogens (tertiary/aromatic N) is 1. The van der Waals surface area contributed by atoms with E-state index in [1.807, 2.05) is 51.5 Å². The lowest BCUT2D eigenvalue weighted by molar-refractivity contribution is -0.870. The average Bonchev–Trinajstić information content (AvgIpc) is 3.90. The summed E-state index contributed by atoms with van der Waals surface area (Å²) in [5.41, 5.74) is 0. The molecule has 0 aliphatic carbocycles. The summed E-state index contributed by atoms with van der Waals surface area (Å²) in [6.07, 6.45) is 46.6. The first-order chi connectivity index (χ1) is 27.1. The van der Waals surface area contributed by atoms with E-state index in [4.69, 9.17) is 23.3 Å². The number of ether oxygens (including phenoxy) is 3. The van der Waals surface area contributed by atoms with Crippen LogP contribution in [0.2, 0.25) is 0 Å². The standard InChI is InChI=1S/C46H80NO8P/c1-6-8-10-12-14-16-18-20-21-22-23-25-27-29-31-33-39-51-41-43(42-53-56(49,50)52-40-38-47(3,4)5)54-46(48)37-34-36-45-44(55-45)35-32-30-28-26-24-19-17-15-13-11-9-7-2/h9,11,15,17,20-21,24,26,28,30,32,35,43-45H,6-8,10,12-14,16,18-19,22-23,25,27,29,31,33-34,36-42H2,1-5H3/b11-9-,17-15-,21-20-,26-24-,30-28+,35-32+. The summed E-state index contributed by atoms with van der Waals surface area (Å²) in [5, 5.41) is 0. The lowest BCUT2D eigenvalue weighted by Gasteiger charge is -2.28. The second kappa shape index (κ2) is 34.9. The molecule has 0 aromatic rings. The fraction of sp³-hybridized carbons (Fsp3) is 0.717. The molecular formula is C46H80NO8P. The molecule has 4 unspecified atom stereocenters. The minimum atomic E-state index is -4.56. The summed E-state index contributed by atoms with van der Waals surface area (Å²) in [6, 6.07) is 0. The molecule has 0 N–H and O–H groups in total. The van der Waals surface area contributed by atoms with Crippen LogP contribution in [0.4, 0.5) is 0 Å². The molecule has 1 saturated heterocycles. The highest BCUT2D eigenvalue weighted by molar-refractivity contribution is 7.45. The van der Waals surface area contributed by atoms with Gasteiger partial charge in [0.1, 0.15) is 25.4 Å². The van der Waals surface area contributed by atoms with Crippen LogP contribution in [0.15, 0.2) is 72.9 Å². The topological polar surface area (TPSA) is 107 Å². The van der Waals surface area contributed by atoms with Gasteiger partial charge in [0.05, 0.1) is 40.5 Å². The lowest BCUT2D eigenvalue weighted by Crippen LogP contribution is -2.37. The third-order valence-corrected chi connectivity index (χ3v) is 10.2. The number of hydrogen-bond donors (Lipinski definition) is 0. The van der Waals surface area contributed by atoms with E-state index in [1.165, 1.54) is 64.2 Å². The van der Waals surface area contributed by atoms with E-state index in [0.29, 0.717) is 24.1 Å². The number of epoxide rings is 1. The summed E-state index contributed by atoms with van der Waals surface area (Å²) < 4.78 is 40.3. The maximum Gasteiger partial charge on any atom is 0.306 e. The van der Waals surface area contributed by atoms with Gasteiger partial charge >= 0.3 is 5.97 Å². The number of carbonyl (C=O) groups excluding carboxylic acids is 1. The molecule has 0 bridgehead atoms. The van der Waals surface area contributed by atoms with E-state index >= 15 is 0 Å². The largest absolute Gasteiger partial charge is 0.756 e. The zero-order chi connectivity index (χ0) is 41.0. The molecule has 56 heavy (non-hydrogen) atoms. The van der Waals surface area contributed by atoms with Gasteiger partial charge in [0, 0.05) is 13.0 Å². The number of phosphoric ester groups is 1. The predicted molar refractivity (Wildman–Crippen MR) is 230 cm³/mol. The van der Waals surface area contributed by atoms with Crippen LogP contribution in [-0.2, 0) is 32.6 Å². The molecule has 0 radical (unpaired) electrons. The zero-order valence-corrected chi connectivity index (χ0v) is 36.9. The Kier molecular flexibility index (Phi) is 32.4. The highest BCUT2D eigenvalue weighted by Gasteiger charge is 2.35. The van der Waals surface area contributed by atoms with E-state index in [0.717, 1.165) is 51.4 Å². The van der Waals surface area contributed by atoms with Gasteiger partial charge in [0.25, 0.3) is 7.82 Å². The molecule has 0 amide bonds. The number of phosphoric acid groups is 1. The molecule has 4 atom stereocenters. The van der Waals surface area contributed by atoms with Crippen molar-refractivity contribution in [3.63, 3.8) is 0 Å². The molecule has 1 heterocycles. The second-order valence-electron chi connectivity index (χ2n) is 15.8. The van der Waals surface area contributed by atoms with Crippen LogP contribution >= 0.6 is 7.82 Å². The van der Waals surface area contributed by atoms with Crippen LogP contribution in [0.1, 0.15) is 142 Å². The molecule has 1 aliphatic rings. The number of esters is 1. The Balaban J connectivity index is 2.32. The summed E-state index contributed by atoms with van der Waals surface area (Å²) in [7, 11) is 1.28. The van der Waals surface area contributed by atoms with Gasteiger partial charge in [-0.2, -0.15) is 0 Å².